The largest absolute Gasteiger partial charge is 0.367 e. The van der Waals surface area contributed by atoms with Gasteiger partial charge < -0.3 is 10.2 Å². The molecule has 2 aromatic rings. The molecule has 4 heteroatoms. The summed E-state index contributed by atoms with van der Waals surface area (Å²) in [6.07, 6.45) is 2.36. The third kappa shape index (κ3) is 3.71. The summed E-state index contributed by atoms with van der Waals surface area (Å²) in [5, 5.41) is 3.67. The van der Waals surface area contributed by atoms with E-state index >= 15 is 0 Å². The van der Waals surface area contributed by atoms with Crippen LogP contribution in [0.1, 0.15) is 49.1 Å². The molecule has 0 atom stereocenters. The molecule has 3 rings (SSSR count). The van der Waals surface area contributed by atoms with E-state index < -0.39 is 0 Å². The quantitative estimate of drug-likeness (QED) is 0.683. The third-order valence-corrected chi connectivity index (χ3v) is 6.35. The van der Waals surface area contributed by atoms with Crippen molar-refractivity contribution in [3.05, 3.63) is 40.6 Å². The van der Waals surface area contributed by atoms with Crippen molar-refractivity contribution in [1.29, 1.82) is 0 Å². The molecule has 0 radical (unpaired) electrons. The van der Waals surface area contributed by atoms with Gasteiger partial charge in [0.05, 0.1) is 10.6 Å². The van der Waals surface area contributed by atoms with Gasteiger partial charge in [-0.25, -0.2) is 4.98 Å². The highest BCUT2D eigenvalue weighted by Crippen LogP contribution is 2.42. The van der Waals surface area contributed by atoms with Gasteiger partial charge in [-0.05, 0) is 57.7 Å². The minimum Gasteiger partial charge on any atom is -0.367 e. The van der Waals surface area contributed by atoms with Crippen molar-refractivity contribution in [2.24, 2.45) is 0 Å². The van der Waals surface area contributed by atoms with E-state index in [4.69, 9.17) is 4.98 Å². The molecule has 0 spiro atoms. The number of hydrogen-bond acceptors (Lipinski definition) is 4. The van der Waals surface area contributed by atoms with Crippen molar-refractivity contribution < 1.29 is 0 Å². The second-order valence-electron chi connectivity index (χ2n) is 7.37. The van der Waals surface area contributed by atoms with Crippen LogP contribution < -0.4 is 10.2 Å². The number of rotatable bonds is 5. The van der Waals surface area contributed by atoms with Crippen molar-refractivity contribution in [3.8, 4) is 0 Å². The van der Waals surface area contributed by atoms with Crippen molar-refractivity contribution in [3.63, 3.8) is 0 Å². The average molecular weight is 370 g/mol. The number of pyridine rings is 1. The molecule has 0 aliphatic carbocycles. The number of aryl methyl sites for hydroxylation is 4. The highest BCUT2D eigenvalue weighted by molar-refractivity contribution is 7.99. The summed E-state index contributed by atoms with van der Waals surface area (Å²) < 4.78 is 0. The van der Waals surface area contributed by atoms with Crippen molar-refractivity contribution in [2.45, 2.75) is 65.3 Å². The summed E-state index contributed by atoms with van der Waals surface area (Å²) in [4.78, 5) is 8.77. The maximum absolute atomic E-state index is 4.87. The number of hydrogen-bond donors (Lipinski definition) is 1. The number of thioether (sulfide) groups is 1. The topological polar surface area (TPSA) is 28.2 Å². The smallest absolute Gasteiger partial charge is 0.146 e. The van der Waals surface area contributed by atoms with E-state index in [0.717, 1.165) is 23.8 Å². The predicted octanol–water partition coefficient (Wildman–Crippen LogP) is 6.16. The van der Waals surface area contributed by atoms with Crippen LogP contribution in [-0.2, 0) is 0 Å². The van der Waals surface area contributed by atoms with Gasteiger partial charge in [0.2, 0.25) is 0 Å². The lowest BCUT2D eigenvalue weighted by Gasteiger charge is -2.37. The second kappa shape index (κ2) is 7.91. The number of aromatic nitrogens is 1. The highest BCUT2D eigenvalue weighted by Gasteiger charge is 2.26. The normalized spacial score (nSPS) is 13.9. The first kappa shape index (κ1) is 19.1. The number of nitrogens with one attached hydrogen (secondary N) is 1. The van der Waals surface area contributed by atoms with E-state index in [-0.39, 0.29) is 0 Å². The molecule has 1 aliphatic rings. The van der Waals surface area contributed by atoms with Crippen LogP contribution in [0.4, 0.5) is 17.2 Å². The zero-order chi connectivity index (χ0) is 18.8. The van der Waals surface area contributed by atoms with Crippen LogP contribution in [0.3, 0.4) is 0 Å². The van der Waals surface area contributed by atoms with E-state index in [1.807, 2.05) is 11.8 Å². The Morgan fingerprint density at radius 2 is 1.73 bits per heavy atom. The number of anilines is 3. The Bertz CT molecular complexity index is 773. The van der Waals surface area contributed by atoms with Crippen LogP contribution in [0, 0.1) is 27.7 Å². The standard InChI is InChI=1S/C22H31N3S/c1-7-18(8-2)25-9-10-26-21-19(25)13-17(6)23-22(21)24-20-15(4)11-14(3)12-16(20)5/h11-13,18H,7-10H2,1-6H3,(H,23,24). The number of nitrogens with zero attached hydrogens (tertiary/aromatic N) is 2. The van der Waals surface area contributed by atoms with Gasteiger partial charge in [0.15, 0.2) is 0 Å². The zero-order valence-corrected chi connectivity index (χ0v) is 17.8. The van der Waals surface area contributed by atoms with Gasteiger partial charge in [-0.3, -0.25) is 0 Å². The Labute approximate surface area is 162 Å². The number of fused-ring (bicyclic) bond motifs is 1. The van der Waals surface area contributed by atoms with E-state index in [2.05, 4.69) is 70.0 Å². The Hall–Kier alpha value is -1.68. The molecule has 140 valence electrons. The van der Waals surface area contributed by atoms with E-state index in [1.165, 1.54) is 45.8 Å². The lowest BCUT2D eigenvalue weighted by molar-refractivity contribution is 0.562. The first-order valence-electron chi connectivity index (χ1n) is 9.70. The Morgan fingerprint density at radius 1 is 1.08 bits per heavy atom. The summed E-state index contributed by atoms with van der Waals surface area (Å²) in [5.74, 6) is 2.13. The lowest BCUT2D eigenvalue weighted by Crippen LogP contribution is -2.38. The van der Waals surface area contributed by atoms with Crippen molar-refractivity contribution in [2.75, 3.05) is 22.5 Å². The van der Waals surface area contributed by atoms with E-state index in [1.54, 1.807) is 0 Å². The molecule has 1 aliphatic heterocycles. The van der Waals surface area contributed by atoms with Gasteiger partial charge >= 0.3 is 0 Å². The molecule has 0 amide bonds. The summed E-state index contributed by atoms with van der Waals surface area (Å²) in [5.41, 5.74) is 7.48. The monoisotopic (exact) mass is 369 g/mol. The van der Waals surface area contributed by atoms with Gasteiger partial charge in [0.1, 0.15) is 5.82 Å². The minimum absolute atomic E-state index is 0.604. The minimum atomic E-state index is 0.604. The van der Waals surface area contributed by atoms with E-state index in [0.29, 0.717) is 6.04 Å². The Morgan fingerprint density at radius 3 is 2.35 bits per heavy atom. The van der Waals surface area contributed by atoms with Gasteiger partial charge in [-0.2, -0.15) is 0 Å². The second-order valence-corrected chi connectivity index (χ2v) is 8.48. The Balaban J connectivity index is 2.05. The fraction of sp³-hybridized carbons (Fsp3) is 0.500. The molecular formula is C22H31N3S. The van der Waals surface area contributed by atoms with Gasteiger partial charge in [-0.1, -0.05) is 31.5 Å². The van der Waals surface area contributed by atoms with E-state index in [9.17, 15) is 0 Å². The maximum Gasteiger partial charge on any atom is 0.146 e. The molecule has 0 saturated heterocycles. The van der Waals surface area contributed by atoms with Crippen LogP contribution in [-0.4, -0.2) is 23.3 Å². The SMILES string of the molecule is CCC(CC)N1CCSc2c1cc(C)nc2Nc1c(C)cc(C)cc1C. The molecule has 1 aromatic carbocycles. The fourth-order valence-electron chi connectivity index (χ4n) is 4.06. The van der Waals surface area contributed by atoms with Gasteiger partial charge in [-0.15, -0.1) is 11.8 Å². The lowest BCUT2D eigenvalue weighted by atomic mass is 10.0. The fourth-order valence-corrected chi connectivity index (χ4v) is 5.10. The molecular weight excluding hydrogens is 338 g/mol. The maximum atomic E-state index is 4.87. The summed E-state index contributed by atoms with van der Waals surface area (Å²) in [7, 11) is 0. The average Bonchev–Trinajstić information content (AvgIpc) is 2.59. The van der Waals surface area contributed by atoms with Crippen molar-refractivity contribution >= 4 is 29.0 Å². The summed E-state index contributed by atoms with van der Waals surface area (Å²) in [6, 6.07) is 7.34. The third-order valence-electron chi connectivity index (χ3n) is 5.27. The molecule has 0 saturated carbocycles. The van der Waals surface area contributed by atoms with Crippen LogP contribution in [0.5, 0.6) is 0 Å². The first-order valence-corrected chi connectivity index (χ1v) is 10.7. The van der Waals surface area contributed by atoms with Crippen LogP contribution in [0.2, 0.25) is 0 Å². The van der Waals surface area contributed by atoms with Crippen LogP contribution >= 0.6 is 11.8 Å². The zero-order valence-electron chi connectivity index (χ0n) is 16.9. The van der Waals surface area contributed by atoms with Crippen LogP contribution in [0.25, 0.3) is 0 Å². The van der Waals surface area contributed by atoms with Crippen LogP contribution in [0.15, 0.2) is 23.1 Å². The summed E-state index contributed by atoms with van der Waals surface area (Å²) >= 11 is 1.93. The van der Waals surface area contributed by atoms with Gasteiger partial charge in [0.25, 0.3) is 0 Å². The molecule has 3 nitrogen and oxygen atoms in total. The summed E-state index contributed by atoms with van der Waals surface area (Å²) in [6.45, 7) is 14.3. The van der Waals surface area contributed by atoms with Crippen molar-refractivity contribution in [1.82, 2.24) is 4.98 Å². The highest BCUT2D eigenvalue weighted by atomic mass is 32.2. The molecule has 0 unspecified atom stereocenters. The number of benzene rings is 1. The van der Waals surface area contributed by atoms with Gasteiger partial charge in [0, 0.05) is 29.7 Å². The molecule has 0 bridgehead atoms. The molecule has 1 aromatic heterocycles. The predicted molar refractivity (Wildman–Crippen MR) is 115 cm³/mol. The Kier molecular flexibility index (Phi) is 5.81. The molecule has 1 N–H and O–H groups in total. The molecule has 0 fully saturated rings. The molecule has 26 heavy (non-hydrogen) atoms. The molecule has 2 heterocycles. The first-order chi connectivity index (χ1) is 12.4.